The monoisotopic (exact) mass is 167 g/mol. The van der Waals surface area contributed by atoms with Crippen molar-refractivity contribution in [1.29, 1.82) is 0 Å². The van der Waals surface area contributed by atoms with E-state index in [0.717, 1.165) is 17.7 Å². The van der Waals surface area contributed by atoms with Crippen LogP contribution >= 0.6 is 0 Å². The normalized spacial score (nSPS) is 16.0. The SMILES string of the molecule is CCC(C)C(N)c1occc1C. The number of furan rings is 1. The van der Waals surface area contributed by atoms with Crippen LogP contribution in [-0.4, -0.2) is 0 Å². The van der Waals surface area contributed by atoms with Crippen LogP contribution in [0.3, 0.4) is 0 Å². The Morgan fingerprint density at radius 1 is 1.58 bits per heavy atom. The van der Waals surface area contributed by atoms with Crippen LogP contribution in [0, 0.1) is 12.8 Å². The summed E-state index contributed by atoms with van der Waals surface area (Å²) >= 11 is 0. The van der Waals surface area contributed by atoms with E-state index in [1.165, 1.54) is 0 Å². The second kappa shape index (κ2) is 3.76. The van der Waals surface area contributed by atoms with Crippen molar-refractivity contribution in [2.45, 2.75) is 33.2 Å². The molecular weight excluding hydrogens is 150 g/mol. The topological polar surface area (TPSA) is 39.2 Å². The highest BCUT2D eigenvalue weighted by atomic mass is 16.3. The van der Waals surface area contributed by atoms with Crippen LogP contribution in [0.5, 0.6) is 0 Å². The number of hydrogen-bond donors (Lipinski definition) is 1. The lowest BCUT2D eigenvalue weighted by molar-refractivity contribution is 0.374. The second-order valence-electron chi connectivity index (χ2n) is 3.38. The molecule has 0 saturated carbocycles. The van der Waals surface area contributed by atoms with Crippen molar-refractivity contribution in [3.8, 4) is 0 Å². The first-order chi connectivity index (χ1) is 5.66. The van der Waals surface area contributed by atoms with Gasteiger partial charge in [-0.2, -0.15) is 0 Å². The van der Waals surface area contributed by atoms with Crippen molar-refractivity contribution >= 4 is 0 Å². The highest BCUT2D eigenvalue weighted by Crippen LogP contribution is 2.24. The molecule has 2 atom stereocenters. The molecule has 1 aromatic heterocycles. The quantitative estimate of drug-likeness (QED) is 0.751. The minimum absolute atomic E-state index is 0.0463. The van der Waals surface area contributed by atoms with Crippen LogP contribution in [-0.2, 0) is 0 Å². The predicted molar refractivity (Wildman–Crippen MR) is 49.8 cm³/mol. The Hall–Kier alpha value is -0.760. The zero-order valence-corrected chi connectivity index (χ0v) is 8.00. The maximum Gasteiger partial charge on any atom is 0.123 e. The first-order valence-corrected chi connectivity index (χ1v) is 4.46. The largest absolute Gasteiger partial charge is 0.467 e. The molecule has 0 radical (unpaired) electrons. The van der Waals surface area contributed by atoms with Crippen molar-refractivity contribution < 1.29 is 4.42 Å². The van der Waals surface area contributed by atoms with Crippen molar-refractivity contribution in [3.63, 3.8) is 0 Å². The third-order valence-corrected chi connectivity index (χ3v) is 2.46. The van der Waals surface area contributed by atoms with E-state index in [1.807, 2.05) is 13.0 Å². The predicted octanol–water partition coefficient (Wildman–Crippen LogP) is 2.63. The molecule has 1 rings (SSSR count). The van der Waals surface area contributed by atoms with Gasteiger partial charge in [-0.3, -0.25) is 0 Å². The molecule has 1 aromatic rings. The van der Waals surface area contributed by atoms with E-state index in [0.29, 0.717) is 5.92 Å². The third-order valence-electron chi connectivity index (χ3n) is 2.46. The van der Waals surface area contributed by atoms with Gasteiger partial charge in [0.25, 0.3) is 0 Å². The van der Waals surface area contributed by atoms with Crippen molar-refractivity contribution in [1.82, 2.24) is 0 Å². The number of hydrogen-bond acceptors (Lipinski definition) is 2. The van der Waals surface area contributed by atoms with Gasteiger partial charge in [0.1, 0.15) is 5.76 Å². The fraction of sp³-hybridized carbons (Fsp3) is 0.600. The zero-order valence-electron chi connectivity index (χ0n) is 8.00. The summed E-state index contributed by atoms with van der Waals surface area (Å²) in [5, 5.41) is 0. The molecule has 68 valence electrons. The molecule has 0 spiro atoms. The molecule has 0 aliphatic carbocycles. The summed E-state index contributed by atoms with van der Waals surface area (Å²) in [5.74, 6) is 1.42. The molecule has 1 heterocycles. The van der Waals surface area contributed by atoms with Crippen LogP contribution in [0.1, 0.15) is 37.6 Å². The maximum absolute atomic E-state index is 6.00. The molecule has 0 aromatic carbocycles. The van der Waals surface area contributed by atoms with E-state index in [9.17, 15) is 0 Å². The first kappa shape index (κ1) is 9.33. The summed E-state index contributed by atoms with van der Waals surface area (Å²) < 4.78 is 5.32. The molecule has 0 aliphatic heterocycles. The number of nitrogens with two attached hydrogens (primary N) is 1. The van der Waals surface area contributed by atoms with E-state index >= 15 is 0 Å². The molecule has 2 heteroatoms. The van der Waals surface area contributed by atoms with Gasteiger partial charge in [0.15, 0.2) is 0 Å². The van der Waals surface area contributed by atoms with Crippen molar-refractivity contribution in [2.75, 3.05) is 0 Å². The lowest BCUT2D eigenvalue weighted by Crippen LogP contribution is -2.18. The molecule has 0 bridgehead atoms. The molecule has 2 nitrogen and oxygen atoms in total. The summed E-state index contributed by atoms with van der Waals surface area (Å²) in [5.41, 5.74) is 7.16. The molecule has 0 saturated heterocycles. The fourth-order valence-corrected chi connectivity index (χ4v) is 1.24. The van der Waals surface area contributed by atoms with Crippen molar-refractivity contribution in [2.24, 2.45) is 11.7 Å². The lowest BCUT2D eigenvalue weighted by Gasteiger charge is -2.16. The highest BCUT2D eigenvalue weighted by molar-refractivity contribution is 5.18. The fourth-order valence-electron chi connectivity index (χ4n) is 1.24. The Balaban J connectivity index is 2.77. The average Bonchev–Trinajstić information content (AvgIpc) is 2.48. The molecule has 2 unspecified atom stereocenters. The summed E-state index contributed by atoms with van der Waals surface area (Å²) in [6.45, 7) is 6.32. The highest BCUT2D eigenvalue weighted by Gasteiger charge is 2.17. The molecule has 0 amide bonds. The van der Waals surface area contributed by atoms with Gasteiger partial charge in [0.2, 0.25) is 0 Å². The van der Waals surface area contributed by atoms with E-state index in [1.54, 1.807) is 6.26 Å². The van der Waals surface area contributed by atoms with Gasteiger partial charge in [-0.25, -0.2) is 0 Å². The zero-order chi connectivity index (χ0) is 9.14. The van der Waals surface area contributed by atoms with Gasteiger partial charge < -0.3 is 10.2 Å². The van der Waals surface area contributed by atoms with Crippen LogP contribution < -0.4 is 5.73 Å². The smallest absolute Gasteiger partial charge is 0.123 e. The molecule has 0 fully saturated rings. The number of aryl methyl sites for hydroxylation is 1. The Kier molecular flexibility index (Phi) is 2.93. The first-order valence-electron chi connectivity index (χ1n) is 4.46. The molecule has 0 aliphatic rings. The van der Waals surface area contributed by atoms with Crippen LogP contribution in [0.25, 0.3) is 0 Å². The van der Waals surface area contributed by atoms with E-state index in [-0.39, 0.29) is 6.04 Å². The van der Waals surface area contributed by atoms with E-state index < -0.39 is 0 Å². The van der Waals surface area contributed by atoms with Crippen LogP contribution in [0.15, 0.2) is 16.7 Å². The standard InChI is InChI=1S/C10H17NO/c1-4-7(2)9(11)10-8(3)5-6-12-10/h5-7,9H,4,11H2,1-3H3. The van der Waals surface area contributed by atoms with E-state index in [4.69, 9.17) is 10.2 Å². The minimum atomic E-state index is 0.0463. The summed E-state index contributed by atoms with van der Waals surface area (Å²) in [7, 11) is 0. The van der Waals surface area contributed by atoms with Gasteiger partial charge in [0, 0.05) is 0 Å². The Labute approximate surface area is 73.8 Å². The second-order valence-corrected chi connectivity index (χ2v) is 3.38. The Morgan fingerprint density at radius 3 is 2.67 bits per heavy atom. The Bertz CT molecular complexity index is 242. The van der Waals surface area contributed by atoms with Crippen LogP contribution in [0.4, 0.5) is 0 Å². The van der Waals surface area contributed by atoms with Gasteiger partial charge in [-0.1, -0.05) is 20.3 Å². The van der Waals surface area contributed by atoms with Gasteiger partial charge >= 0.3 is 0 Å². The minimum Gasteiger partial charge on any atom is -0.467 e. The third kappa shape index (κ3) is 1.69. The molecule has 2 N–H and O–H groups in total. The lowest BCUT2D eigenvalue weighted by atomic mass is 9.96. The van der Waals surface area contributed by atoms with Crippen molar-refractivity contribution in [3.05, 3.63) is 23.7 Å². The van der Waals surface area contributed by atoms with E-state index in [2.05, 4.69) is 13.8 Å². The molecule has 12 heavy (non-hydrogen) atoms. The maximum atomic E-state index is 6.00. The van der Waals surface area contributed by atoms with Crippen LogP contribution in [0.2, 0.25) is 0 Å². The summed E-state index contributed by atoms with van der Waals surface area (Å²) in [4.78, 5) is 0. The van der Waals surface area contributed by atoms with Gasteiger partial charge in [-0.05, 0) is 24.5 Å². The number of rotatable bonds is 3. The average molecular weight is 167 g/mol. The summed E-state index contributed by atoms with van der Waals surface area (Å²) in [6, 6.07) is 2.00. The van der Waals surface area contributed by atoms with Gasteiger partial charge in [-0.15, -0.1) is 0 Å². The molecular formula is C10H17NO. The summed E-state index contributed by atoms with van der Waals surface area (Å²) in [6.07, 6.45) is 2.79. The Morgan fingerprint density at radius 2 is 2.25 bits per heavy atom. The van der Waals surface area contributed by atoms with Gasteiger partial charge in [0.05, 0.1) is 12.3 Å².